The third kappa shape index (κ3) is 2.19. The molecule has 0 unspecified atom stereocenters. The molecule has 1 rings (SSSR count). The van der Waals surface area contributed by atoms with Gasteiger partial charge in [-0.25, -0.2) is 4.39 Å². The largest absolute Gasteiger partial charge is 0.396 e. The Bertz CT molecular complexity index is 385. The minimum absolute atomic E-state index is 0.00225. The van der Waals surface area contributed by atoms with Gasteiger partial charge in [0.1, 0.15) is 0 Å². The van der Waals surface area contributed by atoms with Gasteiger partial charge in [0.05, 0.1) is 11.3 Å². The lowest BCUT2D eigenvalue weighted by Crippen LogP contribution is -2.04. The molecule has 0 radical (unpaired) electrons. The summed E-state index contributed by atoms with van der Waals surface area (Å²) in [5.41, 5.74) is 6.08. The Morgan fingerprint density at radius 3 is 2.79 bits per heavy atom. The topological polar surface area (TPSA) is 43.1 Å². The Kier molecular flexibility index (Phi) is 3.02. The van der Waals surface area contributed by atoms with Crippen LogP contribution in [0.2, 0.25) is 0 Å². The molecule has 74 valence electrons. The fourth-order valence-corrected chi connectivity index (χ4v) is 1.13. The van der Waals surface area contributed by atoms with Gasteiger partial charge in [0.2, 0.25) is 0 Å². The van der Waals surface area contributed by atoms with E-state index in [-0.39, 0.29) is 23.5 Å². The van der Waals surface area contributed by atoms with E-state index in [2.05, 4.69) is 6.58 Å². The van der Waals surface area contributed by atoms with Gasteiger partial charge >= 0.3 is 0 Å². The molecule has 0 saturated carbocycles. The van der Waals surface area contributed by atoms with Gasteiger partial charge in [-0.05, 0) is 19.1 Å². The quantitative estimate of drug-likeness (QED) is 0.455. The van der Waals surface area contributed by atoms with Gasteiger partial charge < -0.3 is 5.73 Å². The second kappa shape index (κ2) is 4.05. The van der Waals surface area contributed by atoms with E-state index in [0.29, 0.717) is 5.57 Å². The van der Waals surface area contributed by atoms with Crippen LogP contribution in [0.1, 0.15) is 23.7 Å². The molecular formula is C11H12FNO. The van der Waals surface area contributed by atoms with E-state index < -0.39 is 5.82 Å². The lowest BCUT2D eigenvalue weighted by atomic mass is 10.0. The summed E-state index contributed by atoms with van der Waals surface area (Å²) in [5, 5.41) is 0. The number of carbonyl (C=O) groups excluding carboxylic acids is 1. The van der Waals surface area contributed by atoms with Gasteiger partial charge in [0.25, 0.3) is 0 Å². The Balaban J connectivity index is 3.01. The number of nitrogen functional groups attached to an aromatic ring is 1. The summed E-state index contributed by atoms with van der Waals surface area (Å²) in [4.78, 5) is 11.5. The van der Waals surface area contributed by atoms with Gasteiger partial charge in [-0.15, -0.1) is 0 Å². The molecule has 0 saturated heterocycles. The molecule has 0 amide bonds. The first kappa shape index (κ1) is 10.4. The fraction of sp³-hybridized carbons (Fsp3) is 0.182. The minimum atomic E-state index is -0.640. The number of Topliss-reactive ketones (excluding diaryl/α,β-unsaturated/α-hetero) is 1. The predicted octanol–water partition coefficient (Wildman–Crippen LogP) is 2.56. The van der Waals surface area contributed by atoms with Crippen molar-refractivity contribution in [3.8, 4) is 0 Å². The Morgan fingerprint density at radius 1 is 1.57 bits per heavy atom. The number of rotatable bonds is 3. The van der Waals surface area contributed by atoms with Crippen molar-refractivity contribution in [3.05, 3.63) is 41.7 Å². The van der Waals surface area contributed by atoms with Gasteiger partial charge in [0, 0.05) is 6.42 Å². The average Bonchev–Trinajstić information content (AvgIpc) is 2.08. The van der Waals surface area contributed by atoms with Crippen molar-refractivity contribution in [2.75, 3.05) is 5.73 Å². The predicted molar refractivity (Wildman–Crippen MR) is 54.6 cm³/mol. The first-order valence-electron chi connectivity index (χ1n) is 4.24. The zero-order valence-corrected chi connectivity index (χ0v) is 8.01. The maximum atomic E-state index is 13.3. The van der Waals surface area contributed by atoms with Crippen molar-refractivity contribution in [1.82, 2.24) is 0 Å². The molecule has 0 fully saturated rings. The van der Waals surface area contributed by atoms with Crippen LogP contribution in [0.25, 0.3) is 0 Å². The third-order valence-electron chi connectivity index (χ3n) is 1.79. The highest BCUT2D eigenvalue weighted by molar-refractivity contribution is 5.98. The van der Waals surface area contributed by atoms with Crippen LogP contribution in [0.5, 0.6) is 0 Å². The summed E-state index contributed by atoms with van der Waals surface area (Å²) < 4.78 is 13.3. The van der Waals surface area contributed by atoms with Crippen LogP contribution < -0.4 is 5.73 Å². The molecule has 0 atom stereocenters. The average molecular weight is 193 g/mol. The number of hydrogen-bond donors (Lipinski definition) is 1. The maximum absolute atomic E-state index is 13.3. The van der Waals surface area contributed by atoms with Crippen LogP contribution in [-0.4, -0.2) is 5.78 Å². The lowest BCUT2D eigenvalue weighted by molar-refractivity contribution is 0.0989. The van der Waals surface area contributed by atoms with Crippen molar-refractivity contribution in [2.45, 2.75) is 13.3 Å². The number of allylic oxidation sites excluding steroid dienone is 1. The molecule has 1 aromatic rings. The van der Waals surface area contributed by atoms with Crippen LogP contribution >= 0.6 is 0 Å². The first-order valence-corrected chi connectivity index (χ1v) is 4.24. The van der Waals surface area contributed by atoms with Crippen molar-refractivity contribution in [1.29, 1.82) is 0 Å². The van der Waals surface area contributed by atoms with Crippen molar-refractivity contribution < 1.29 is 9.18 Å². The highest BCUT2D eigenvalue weighted by Crippen LogP contribution is 2.17. The molecule has 0 aliphatic rings. The normalized spacial score (nSPS) is 9.86. The summed E-state index contributed by atoms with van der Waals surface area (Å²) in [6.45, 7) is 5.32. The number of benzene rings is 1. The van der Waals surface area contributed by atoms with E-state index in [1.807, 2.05) is 0 Å². The van der Waals surface area contributed by atoms with Gasteiger partial charge in [-0.2, -0.15) is 0 Å². The molecule has 2 nitrogen and oxygen atoms in total. The molecule has 0 bridgehead atoms. The molecule has 0 aromatic heterocycles. The number of carbonyl (C=O) groups is 1. The number of nitrogens with two attached hydrogens (primary N) is 1. The Labute approximate surface area is 82.2 Å². The Morgan fingerprint density at radius 2 is 2.21 bits per heavy atom. The number of ketones is 1. The molecule has 0 aliphatic carbocycles. The first-order chi connectivity index (χ1) is 6.52. The van der Waals surface area contributed by atoms with E-state index in [1.165, 1.54) is 12.1 Å². The molecule has 0 heterocycles. The monoisotopic (exact) mass is 193 g/mol. The Hall–Kier alpha value is -1.64. The summed E-state index contributed by atoms with van der Waals surface area (Å²) in [6, 6.07) is 4.41. The molecule has 2 N–H and O–H groups in total. The van der Waals surface area contributed by atoms with Crippen molar-refractivity contribution in [3.63, 3.8) is 0 Å². The SMILES string of the molecule is C=C(C)CC(=O)c1cccc(N)c1F. The summed E-state index contributed by atoms with van der Waals surface area (Å²) in [6.07, 6.45) is 0.153. The van der Waals surface area contributed by atoms with E-state index >= 15 is 0 Å². The number of hydrogen-bond acceptors (Lipinski definition) is 2. The molecule has 0 spiro atoms. The van der Waals surface area contributed by atoms with E-state index in [0.717, 1.165) is 0 Å². The molecule has 1 aromatic carbocycles. The summed E-state index contributed by atoms with van der Waals surface area (Å²) >= 11 is 0. The summed E-state index contributed by atoms with van der Waals surface area (Å²) in [7, 11) is 0. The van der Waals surface area contributed by atoms with Gasteiger partial charge in [-0.3, -0.25) is 4.79 Å². The second-order valence-corrected chi connectivity index (χ2v) is 3.27. The highest BCUT2D eigenvalue weighted by Gasteiger charge is 2.12. The molecule has 0 aliphatic heterocycles. The van der Waals surface area contributed by atoms with Crippen LogP contribution in [-0.2, 0) is 0 Å². The van der Waals surface area contributed by atoms with Gasteiger partial charge in [-0.1, -0.05) is 18.2 Å². The second-order valence-electron chi connectivity index (χ2n) is 3.27. The van der Waals surface area contributed by atoms with E-state index in [4.69, 9.17) is 5.73 Å². The van der Waals surface area contributed by atoms with Crippen LogP contribution in [0.3, 0.4) is 0 Å². The minimum Gasteiger partial charge on any atom is -0.396 e. The summed E-state index contributed by atoms with van der Waals surface area (Å²) in [5.74, 6) is -0.930. The van der Waals surface area contributed by atoms with Crippen LogP contribution in [0, 0.1) is 5.82 Å². The van der Waals surface area contributed by atoms with Crippen LogP contribution in [0.4, 0.5) is 10.1 Å². The number of anilines is 1. The van der Waals surface area contributed by atoms with E-state index in [1.54, 1.807) is 13.0 Å². The van der Waals surface area contributed by atoms with Gasteiger partial charge in [0.15, 0.2) is 11.6 Å². The standard InChI is InChI=1S/C11H12FNO/c1-7(2)6-10(14)8-4-3-5-9(13)11(8)12/h3-5H,1,6,13H2,2H3. The lowest BCUT2D eigenvalue weighted by Gasteiger charge is -2.03. The van der Waals surface area contributed by atoms with Crippen LogP contribution in [0.15, 0.2) is 30.4 Å². The molecule has 14 heavy (non-hydrogen) atoms. The molecular weight excluding hydrogens is 181 g/mol. The van der Waals surface area contributed by atoms with E-state index in [9.17, 15) is 9.18 Å². The molecule has 3 heteroatoms. The third-order valence-corrected chi connectivity index (χ3v) is 1.79. The smallest absolute Gasteiger partial charge is 0.169 e. The van der Waals surface area contributed by atoms with Crippen molar-refractivity contribution >= 4 is 11.5 Å². The maximum Gasteiger partial charge on any atom is 0.169 e. The highest BCUT2D eigenvalue weighted by atomic mass is 19.1. The fourth-order valence-electron chi connectivity index (χ4n) is 1.13. The van der Waals surface area contributed by atoms with Crippen molar-refractivity contribution in [2.24, 2.45) is 0 Å². The zero-order chi connectivity index (χ0) is 10.7. The number of halogens is 1. The zero-order valence-electron chi connectivity index (χ0n) is 8.01.